The van der Waals surface area contributed by atoms with Crippen molar-refractivity contribution in [3.63, 3.8) is 0 Å². The average Bonchev–Trinajstić information content (AvgIpc) is 4.02. The fourth-order valence-electron chi connectivity index (χ4n) is 6.45. The van der Waals surface area contributed by atoms with Crippen LogP contribution in [0.15, 0.2) is 85.7 Å². The lowest BCUT2D eigenvalue weighted by molar-refractivity contribution is 0.0924. The first-order valence-electron chi connectivity index (χ1n) is 16.7. The quantitative estimate of drug-likeness (QED) is 0.246. The van der Waals surface area contributed by atoms with E-state index >= 15 is 0 Å². The van der Waals surface area contributed by atoms with Crippen LogP contribution in [0.25, 0.3) is 33.5 Å². The van der Waals surface area contributed by atoms with Gasteiger partial charge in [-0.3, -0.25) is 23.1 Å². The highest BCUT2D eigenvalue weighted by Crippen LogP contribution is 2.23. The number of amides is 2. The molecule has 15 heteroatoms. The predicted octanol–water partition coefficient (Wildman–Crippen LogP) is 3.18. The molecule has 2 aliphatic heterocycles. The summed E-state index contributed by atoms with van der Waals surface area (Å²) in [5.41, 5.74) is 6.76. The van der Waals surface area contributed by atoms with E-state index in [9.17, 15) is 9.59 Å². The first-order chi connectivity index (χ1) is 25.3. The summed E-state index contributed by atoms with van der Waals surface area (Å²) in [5.74, 6) is -0.377. The van der Waals surface area contributed by atoms with Crippen LogP contribution >= 0.6 is 0 Å². The van der Waals surface area contributed by atoms with Gasteiger partial charge in [-0.1, -0.05) is 12.1 Å². The van der Waals surface area contributed by atoms with Crippen LogP contribution in [0.1, 0.15) is 39.4 Å². The van der Waals surface area contributed by atoms with E-state index in [1.54, 1.807) is 47.9 Å². The molecule has 0 radical (unpaired) electrons. The van der Waals surface area contributed by atoms with Gasteiger partial charge in [0.15, 0.2) is 12.4 Å². The Labute approximate surface area is 298 Å². The number of hydrogen-bond donors (Lipinski definition) is 2. The van der Waals surface area contributed by atoms with Crippen LogP contribution in [-0.4, -0.2) is 88.4 Å². The largest absolute Gasteiger partial charge is 0.346 e. The molecule has 5 aromatic heterocycles. The molecule has 2 fully saturated rings. The molecule has 0 bridgehead atoms. The monoisotopic (exact) mass is 691 g/mol. The lowest BCUT2D eigenvalue weighted by Crippen LogP contribution is -2.36. The summed E-state index contributed by atoms with van der Waals surface area (Å²) in [4.78, 5) is 37.1. The van der Waals surface area contributed by atoms with Crippen molar-refractivity contribution in [3.05, 3.63) is 103 Å². The van der Waals surface area contributed by atoms with Crippen LogP contribution in [0.2, 0.25) is 0 Å². The van der Waals surface area contributed by atoms with Gasteiger partial charge in [-0.05, 0) is 65.9 Å². The van der Waals surface area contributed by atoms with Crippen molar-refractivity contribution in [1.82, 2.24) is 49.0 Å². The molecule has 52 heavy (non-hydrogen) atoms. The van der Waals surface area contributed by atoms with Gasteiger partial charge in [0.05, 0.1) is 30.2 Å². The topological polar surface area (TPSA) is 188 Å². The van der Waals surface area contributed by atoms with Crippen molar-refractivity contribution < 1.29 is 9.59 Å². The molecule has 0 saturated carbocycles. The molecule has 6 aromatic rings. The van der Waals surface area contributed by atoms with E-state index in [1.165, 1.54) is 0 Å². The minimum absolute atomic E-state index is 0.00707. The molecule has 1 aromatic carbocycles. The van der Waals surface area contributed by atoms with Crippen molar-refractivity contribution in [2.45, 2.75) is 24.9 Å². The van der Waals surface area contributed by atoms with E-state index < -0.39 is 0 Å². The van der Waals surface area contributed by atoms with Crippen molar-refractivity contribution in [2.75, 3.05) is 26.2 Å². The molecule has 2 amide bonds. The number of carbonyl (C=O) groups excluding carboxylic acids is 2. The first-order valence-corrected chi connectivity index (χ1v) is 16.7. The lowest BCUT2D eigenvalue weighted by Gasteiger charge is -2.12. The van der Waals surface area contributed by atoms with E-state index in [-0.39, 0.29) is 23.9 Å². The van der Waals surface area contributed by atoms with E-state index in [0.29, 0.717) is 54.4 Å². The molecule has 0 aliphatic carbocycles. The Kier molecular flexibility index (Phi) is 9.20. The van der Waals surface area contributed by atoms with Crippen LogP contribution in [0.4, 0.5) is 0 Å². The number of benzene rings is 1. The molecule has 0 unspecified atom stereocenters. The van der Waals surface area contributed by atoms with E-state index in [4.69, 9.17) is 15.8 Å². The smallest absolute Gasteiger partial charge is 0.270 e. The van der Waals surface area contributed by atoms with Crippen LogP contribution in [0.5, 0.6) is 0 Å². The molecule has 0 spiro atoms. The van der Waals surface area contributed by atoms with Crippen LogP contribution in [0.3, 0.4) is 0 Å². The maximum atomic E-state index is 12.6. The zero-order chi connectivity index (χ0) is 36.2. The Morgan fingerprint density at radius 3 is 1.75 bits per heavy atom. The SMILES string of the molecule is Cn1cc(-c2ccn3c(C(=O)N[C@@H]4CCN(C#N)C4)cnc3c2)cn1.N#Cc1cccc(-c2ccn3c(C(=O)N[C@@H]4CCN(C#N)C4)cnc3c2)c1. The van der Waals surface area contributed by atoms with Crippen LogP contribution in [-0.2, 0) is 7.05 Å². The number of nitrogens with one attached hydrogen (secondary N) is 2. The maximum Gasteiger partial charge on any atom is 0.270 e. The normalized spacial score (nSPS) is 16.5. The van der Waals surface area contributed by atoms with Crippen molar-refractivity contribution in [3.8, 4) is 40.7 Å². The number of imidazole rings is 2. The second-order valence-corrected chi connectivity index (χ2v) is 12.7. The number of carbonyl (C=O) groups is 2. The molecule has 2 atom stereocenters. The highest BCUT2D eigenvalue weighted by atomic mass is 16.2. The Morgan fingerprint density at radius 2 is 1.27 bits per heavy atom. The molecule has 15 nitrogen and oxygen atoms in total. The molecule has 258 valence electrons. The Hall–Kier alpha value is -7.18. The molecule has 7 heterocycles. The fourth-order valence-corrected chi connectivity index (χ4v) is 6.45. The first kappa shape index (κ1) is 33.3. The minimum Gasteiger partial charge on any atom is -0.346 e. The number of aryl methyl sites for hydroxylation is 1. The Bertz CT molecular complexity index is 2420. The summed E-state index contributed by atoms with van der Waals surface area (Å²) in [6, 6.07) is 17.1. The van der Waals surface area contributed by atoms with E-state index in [1.807, 2.05) is 68.1 Å². The molecule has 2 aliphatic rings. The number of rotatable bonds is 6. The van der Waals surface area contributed by atoms with Gasteiger partial charge in [-0.15, -0.1) is 0 Å². The summed E-state index contributed by atoms with van der Waals surface area (Å²) in [6.45, 7) is 2.45. The fraction of sp³-hybridized carbons (Fsp3) is 0.243. The Balaban J connectivity index is 0.000000162. The van der Waals surface area contributed by atoms with Crippen molar-refractivity contribution in [1.29, 1.82) is 15.8 Å². The van der Waals surface area contributed by atoms with Crippen LogP contribution < -0.4 is 10.6 Å². The van der Waals surface area contributed by atoms with Gasteiger partial charge >= 0.3 is 0 Å². The van der Waals surface area contributed by atoms with Gasteiger partial charge in [0, 0.05) is 69.5 Å². The number of nitriles is 3. The average molecular weight is 692 g/mol. The second-order valence-electron chi connectivity index (χ2n) is 12.7. The van der Waals surface area contributed by atoms with Gasteiger partial charge in [0.2, 0.25) is 0 Å². The number of nitrogens with zero attached hydrogens (tertiary/aromatic N) is 11. The van der Waals surface area contributed by atoms with Gasteiger partial charge in [-0.25, -0.2) is 9.97 Å². The standard InChI is InChI=1S/C20H16N6O.C17H17N7O/c21-10-14-2-1-3-15(8-14)16-4-7-26-18(11-23-19(26)9-16)20(27)24-17-5-6-25(12-17)13-22;1-22-9-13(7-20-22)12-2-5-24-15(8-19-16(24)6-12)17(25)21-14-3-4-23(10-14)11-18/h1-4,7-9,11,17H,5-6,12H2,(H,24,27);2,5-9,14H,3-4,10H2,1H3,(H,21,25)/t17-;14-/m11/s1. The third-order valence-corrected chi connectivity index (χ3v) is 9.18. The van der Waals surface area contributed by atoms with Crippen molar-refractivity contribution >= 4 is 23.1 Å². The summed E-state index contributed by atoms with van der Waals surface area (Å²) >= 11 is 0. The summed E-state index contributed by atoms with van der Waals surface area (Å²) in [5, 5.41) is 37.0. The zero-order valence-corrected chi connectivity index (χ0v) is 28.2. The highest BCUT2D eigenvalue weighted by Gasteiger charge is 2.26. The number of aromatic nitrogens is 6. The minimum atomic E-state index is -0.202. The summed E-state index contributed by atoms with van der Waals surface area (Å²) in [6.07, 6.45) is 16.3. The Morgan fingerprint density at radius 1 is 0.731 bits per heavy atom. The van der Waals surface area contributed by atoms with E-state index in [0.717, 1.165) is 35.1 Å². The van der Waals surface area contributed by atoms with Crippen LogP contribution in [0, 0.1) is 34.2 Å². The van der Waals surface area contributed by atoms with Crippen molar-refractivity contribution in [2.24, 2.45) is 7.05 Å². The molecule has 8 rings (SSSR count). The molecule has 2 N–H and O–H groups in total. The highest BCUT2D eigenvalue weighted by molar-refractivity contribution is 5.94. The molecule has 2 saturated heterocycles. The molecular weight excluding hydrogens is 658 g/mol. The van der Waals surface area contributed by atoms with Gasteiger partial charge < -0.3 is 20.4 Å². The van der Waals surface area contributed by atoms with Gasteiger partial charge in [0.25, 0.3) is 11.8 Å². The number of pyridine rings is 2. The van der Waals surface area contributed by atoms with Gasteiger partial charge in [0.1, 0.15) is 22.7 Å². The summed E-state index contributed by atoms with van der Waals surface area (Å²) in [7, 11) is 1.87. The number of fused-ring (bicyclic) bond motifs is 2. The summed E-state index contributed by atoms with van der Waals surface area (Å²) < 4.78 is 5.26. The predicted molar refractivity (Wildman–Crippen MR) is 189 cm³/mol. The lowest BCUT2D eigenvalue weighted by atomic mass is 10.0. The third kappa shape index (κ3) is 6.95. The second kappa shape index (κ2) is 14.4. The number of likely N-dealkylation sites (tertiary alicyclic amines) is 2. The number of hydrogen-bond acceptors (Lipinski definition) is 10. The van der Waals surface area contributed by atoms with Gasteiger partial charge in [-0.2, -0.15) is 20.9 Å². The third-order valence-electron chi connectivity index (χ3n) is 9.18. The zero-order valence-electron chi connectivity index (χ0n) is 28.2. The molecular formula is C37H33N13O2. The van der Waals surface area contributed by atoms with E-state index in [2.05, 4.69) is 44.2 Å². The maximum absolute atomic E-state index is 12.6.